The van der Waals surface area contributed by atoms with Gasteiger partial charge in [0.1, 0.15) is 12.3 Å². The number of ether oxygens (including phenoxy) is 3. The molecule has 0 aromatic heterocycles. The number of alkyl halides is 1. The number of nitrogens with zero attached hydrogens (tertiary/aromatic N) is 3. The van der Waals surface area contributed by atoms with E-state index in [1.807, 2.05) is 41.7 Å². The second kappa shape index (κ2) is 19.3. The maximum atomic E-state index is 13.5. The van der Waals surface area contributed by atoms with E-state index in [-0.39, 0.29) is 6.10 Å². The molecule has 0 bridgehead atoms. The molecule has 2 unspecified atom stereocenters. The molecule has 3 fully saturated rings. The van der Waals surface area contributed by atoms with Crippen LogP contribution in [0.2, 0.25) is 0 Å². The van der Waals surface area contributed by atoms with E-state index >= 15 is 0 Å². The molecule has 0 aromatic carbocycles. The average molecular weight is 520 g/mol. The van der Waals surface area contributed by atoms with Gasteiger partial charge in [-0.2, -0.15) is 0 Å². The molecule has 216 valence electrons. The summed E-state index contributed by atoms with van der Waals surface area (Å²) in [7, 11) is 5.19. The molecule has 0 radical (unpaired) electrons. The van der Waals surface area contributed by atoms with Crippen LogP contribution in [0.4, 0.5) is 4.39 Å². The van der Waals surface area contributed by atoms with Gasteiger partial charge in [-0.05, 0) is 39.2 Å². The zero-order chi connectivity index (χ0) is 27.6. The van der Waals surface area contributed by atoms with E-state index in [0.717, 1.165) is 65.5 Å². The molecule has 0 N–H and O–H groups in total. The lowest BCUT2D eigenvalue weighted by Gasteiger charge is -2.27. The molecule has 3 aliphatic rings. The quantitative estimate of drug-likeness (QED) is 0.300. The maximum absolute atomic E-state index is 13.5. The molecule has 1 saturated heterocycles. The van der Waals surface area contributed by atoms with Crippen LogP contribution in [0.1, 0.15) is 67.2 Å². The molecule has 7 nitrogen and oxygen atoms in total. The van der Waals surface area contributed by atoms with Gasteiger partial charge in [-0.25, -0.2) is 4.39 Å². The smallest absolute Gasteiger partial charge is 0.209 e. The number of likely N-dealkylation sites (N-methyl/N-ethyl adjacent to an activating group) is 2. The van der Waals surface area contributed by atoms with Crippen molar-refractivity contribution in [2.24, 2.45) is 10.8 Å². The molecule has 1 aliphatic heterocycles. The van der Waals surface area contributed by atoms with E-state index in [9.17, 15) is 9.18 Å². The van der Waals surface area contributed by atoms with Crippen LogP contribution in [0.5, 0.6) is 0 Å². The second-order valence-electron chi connectivity index (χ2n) is 10.0. The number of halogens is 1. The van der Waals surface area contributed by atoms with Crippen LogP contribution < -0.4 is 0 Å². The van der Waals surface area contributed by atoms with Crippen LogP contribution in [0, 0.1) is 10.8 Å². The van der Waals surface area contributed by atoms with Gasteiger partial charge in [0.15, 0.2) is 0 Å². The first-order valence-corrected chi connectivity index (χ1v) is 14.2. The SMILES string of the molecule is CC.CC.CCN(CCN(C)C=O)CC1(COC)CC1.CCOCC1(CN2CC(F)C(OC)C2)CC1. The van der Waals surface area contributed by atoms with Crippen molar-refractivity contribution < 1.29 is 23.4 Å². The third-order valence-electron chi connectivity index (χ3n) is 7.07. The standard InChI is InChI=1S/C12H22FNO2.C12H24N2O2.2C2H6/c1-3-16-9-12(4-5-12)8-14-6-10(13)11(7-14)15-2;1-4-14(8-7-13(2)11-15)9-12(5-6-12)10-16-3;2*1-2/h10-11H,3-9H2,1-2H3;11H,4-10H2,1-3H3;2*1-2H3. The van der Waals surface area contributed by atoms with Crippen molar-refractivity contribution in [1.82, 2.24) is 14.7 Å². The van der Waals surface area contributed by atoms with Gasteiger partial charge in [0.25, 0.3) is 0 Å². The molecule has 3 rings (SSSR count). The van der Waals surface area contributed by atoms with Gasteiger partial charge in [0, 0.05) is 78.0 Å². The Morgan fingerprint density at radius 3 is 2.00 bits per heavy atom. The number of carbonyl (C=O) groups excluding carboxylic acids is 1. The Bertz CT molecular complexity index is 547. The van der Waals surface area contributed by atoms with Gasteiger partial charge in [0.2, 0.25) is 6.41 Å². The number of likely N-dealkylation sites (tertiary alicyclic amines) is 1. The number of amides is 1. The lowest BCUT2D eigenvalue weighted by atomic mass is 10.1. The number of methoxy groups -OCH3 is 2. The summed E-state index contributed by atoms with van der Waals surface area (Å²) < 4.78 is 29.4. The monoisotopic (exact) mass is 519 g/mol. The number of hydrogen-bond donors (Lipinski definition) is 0. The summed E-state index contributed by atoms with van der Waals surface area (Å²) in [6.45, 7) is 20.8. The number of hydrogen-bond acceptors (Lipinski definition) is 6. The van der Waals surface area contributed by atoms with E-state index in [1.165, 1.54) is 25.7 Å². The molecule has 2 aliphatic carbocycles. The summed E-state index contributed by atoms with van der Waals surface area (Å²) in [6, 6.07) is 0. The Morgan fingerprint density at radius 1 is 0.972 bits per heavy atom. The van der Waals surface area contributed by atoms with Crippen LogP contribution in [0.25, 0.3) is 0 Å². The van der Waals surface area contributed by atoms with Crippen molar-refractivity contribution in [2.75, 3.05) is 86.9 Å². The largest absolute Gasteiger partial charge is 0.384 e. The van der Waals surface area contributed by atoms with E-state index in [0.29, 0.717) is 17.4 Å². The van der Waals surface area contributed by atoms with Crippen LogP contribution >= 0.6 is 0 Å². The number of carbonyl (C=O) groups is 1. The van der Waals surface area contributed by atoms with Gasteiger partial charge in [-0.3, -0.25) is 9.69 Å². The highest BCUT2D eigenvalue weighted by Crippen LogP contribution is 2.47. The molecule has 1 amide bonds. The third kappa shape index (κ3) is 13.1. The van der Waals surface area contributed by atoms with Crippen LogP contribution in [-0.4, -0.2) is 120 Å². The lowest BCUT2D eigenvalue weighted by Crippen LogP contribution is -2.37. The van der Waals surface area contributed by atoms with Crippen LogP contribution in [0.3, 0.4) is 0 Å². The van der Waals surface area contributed by atoms with Crippen molar-refractivity contribution >= 4 is 6.41 Å². The van der Waals surface area contributed by atoms with Crippen molar-refractivity contribution in [3.8, 4) is 0 Å². The number of rotatable bonds is 15. The molecule has 0 spiro atoms. The highest BCUT2D eigenvalue weighted by Gasteiger charge is 2.46. The first kappa shape index (κ1) is 35.2. The fourth-order valence-corrected chi connectivity index (χ4v) is 4.48. The van der Waals surface area contributed by atoms with Crippen LogP contribution in [-0.2, 0) is 19.0 Å². The zero-order valence-corrected chi connectivity index (χ0v) is 25.0. The highest BCUT2D eigenvalue weighted by atomic mass is 19.1. The van der Waals surface area contributed by atoms with Crippen molar-refractivity contribution in [1.29, 1.82) is 0 Å². The zero-order valence-electron chi connectivity index (χ0n) is 25.0. The average Bonchev–Trinajstić information content (AvgIpc) is 3.82. The maximum Gasteiger partial charge on any atom is 0.209 e. The fourth-order valence-electron chi connectivity index (χ4n) is 4.48. The summed E-state index contributed by atoms with van der Waals surface area (Å²) in [6.07, 6.45) is 4.82. The molecule has 8 heteroatoms. The molecule has 2 atom stereocenters. The minimum Gasteiger partial charge on any atom is -0.384 e. The Hall–Kier alpha value is -0.800. The van der Waals surface area contributed by atoms with Crippen LogP contribution in [0.15, 0.2) is 0 Å². The normalized spacial score (nSPS) is 22.9. The second-order valence-corrected chi connectivity index (χ2v) is 10.0. The summed E-state index contributed by atoms with van der Waals surface area (Å²) in [5, 5.41) is 0. The molecule has 36 heavy (non-hydrogen) atoms. The Labute approximate surface area is 222 Å². The Kier molecular flexibility index (Phi) is 18.9. The molecule has 1 heterocycles. The van der Waals surface area contributed by atoms with Gasteiger partial charge in [0.05, 0.1) is 13.2 Å². The molecular weight excluding hydrogens is 461 g/mol. The first-order chi connectivity index (χ1) is 17.3. The van der Waals surface area contributed by atoms with E-state index in [4.69, 9.17) is 14.2 Å². The predicted octanol–water partition coefficient (Wildman–Crippen LogP) is 4.35. The summed E-state index contributed by atoms with van der Waals surface area (Å²) in [5.41, 5.74) is 0.725. The van der Waals surface area contributed by atoms with Crippen molar-refractivity contribution in [2.45, 2.75) is 79.5 Å². The van der Waals surface area contributed by atoms with Gasteiger partial charge < -0.3 is 24.0 Å². The van der Waals surface area contributed by atoms with Gasteiger partial charge in [-0.15, -0.1) is 0 Å². The molecule has 2 saturated carbocycles. The Balaban J connectivity index is 0.000000598. The van der Waals surface area contributed by atoms with E-state index in [2.05, 4.69) is 16.7 Å². The predicted molar refractivity (Wildman–Crippen MR) is 147 cm³/mol. The van der Waals surface area contributed by atoms with Crippen molar-refractivity contribution in [3.05, 3.63) is 0 Å². The summed E-state index contributed by atoms with van der Waals surface area (Å²) in [5.74, 6) is 0. The highest BCUT2D eigenvalue weighted by molar-refractivity contribution is 5.46. The lowest BCUT2D eigenvalue weighted by molar-refractivity contribution is -0.117. The fraction of sp³-hybridized carbons (Fsp3) is 0.964. The topological polar surface area (TPSA) is 54.5 Å². The molecule has 0 aromatic rings. The molecular formula is C28H58FN3O4. The Morgan fingerprint density at radius 2 is 1.58 bits per heavy atom. The summed E-state index contributed by atoms with van der Waals surface area (Å²) >= 11 is 0. The first-order valence-electron chi connectivity index (χ1n) is 14.2. The van der Waals surface area contributed by atoms with E-state index in [1.54, 1.807) is 19.1 Å². The van der Waals surface area contributed by atoms with Gasteiger partial charge >= 0.3 is 0 Å². The minimum absolute atomic E-state index is 0.233. The third-order valence-corrected chi connectivity index (χ3v) is 7.07. The minimum atomic E-state index is -0.826. The summed E-state index contributed by atoms with van der Waals surface area (Å²) in [4.78, 5) is 16.8. The van der Waals surface area contributed by atoms with E-state index < -0.39 is 6.17 Å². The van der Waals surface area contributed by atoms with Gasteiger partial charge in [-0.1, -0.05) is 34.6 Å². The van der Waals surface area contributed by atoms with Crippen molar-refractivity contribution in [3.63, 3.8) is 0 Å².